The van der Waals surface area contributed by atoms with E-state index in [0.29, 0.717) is 16.9 Å². The normalized spacial score (nSPS) is 12.3. The fourth-order valence-corrected chi connectivity index (χ4v) is 2.07. The molecule has 1 aliphatic carbocycles. The van der Waals surface area contributed by atoms with Crippen molar-refractivity contribution in [1.82, 2.24) is 0 Å². The Bertz CT molecular complexity index is 730. The molecule has 0 aliphatic heterocycles. The predicted molar refractivity (Wildman–Crippen MR) is 73.3 cm³/mol. The highest BCUT2D eigenvalue weighted by molar-refractivity contribution is 6.15. The van der Waals surface area contributed by atoms with Gasteiger partial charge in [0.15, 0.2) is 5.78 Å². The van der Waals surface area contributed by atoms with Crippen LogP contribution in [0.15, 0.2) is 48.5 Å². The SMILES string of the molecule is O=C1C=Cc2cc(Oc3ccccc3)c(C(=O)O)cc21. The second-order valence-corrected chi connectivity index (χ2v) is 4.35. The van der Waals surface area contributed by atoms with E-state index in [9.17, 15) is 14.7 Å². The average Bonchev–Trinajstić information content (AvgIpc) is 2.80. The number of allylic oxidation sites excluding steroid dienone is 1. The third kappa shape index (κ3) is 2.07. The van der Waals surface area contributed by atoms with Crippen LogP contribution >= 0.6 is 0 Å². The molecular weight excluding hydrogens is 256 g/mol. The zero-order valence-electron chi connectivity index (χ0n) is 10.4. The first kappa shape index (κ1) is 12.2. The molecule has 4 nitrogen and oxygen atoms in total. The van der Waals surface area contributed by atoms with E-state index in [-0.39, 0.29) is 17.1 Å². The van der Waals surface area contributed by atoms with Crippen LogP contribution in [0.4, 0.5) is 0 Å². The maximum atomic E-state index is 11.6. The van der Waals surface area contributed by atoms with E-state index >= 15 is 0 Å². The third-order valence-electron chi connectivity index (χ3n) is 3.03. The number of ketones is 1. The molecule has 3 rings (SSSR count). The number of carbonyl (C=O) groups is 2. The molecule has 0 spiro atoms. The molecule has 1 aliphatic rings. The van der Waals surface area contributed by atoms with Crippen molar-refractivity contribution < 1.29 is 19.4 Å². The molecule has 0 heterocycles. The molecule has 2 aromatic carbocycles. The lowest BCUT2D eigenvalue weighted by Gasteiger charge is -2.10. The van der Waals surface area contributed by atoms with E-state index in [1.807, 2.05) is 6.07 Å². The van der Waals surface area contributed by atoms with Crippen LogP contribution in [0.5, 0.6) is 11.5 Å². The molecule has 98 valence electrons. The molecule has 0 unspecified atom stereocenters. The molecule has 0 radical (unpaired) electrons. The van der Waals surface area contributed by atoms with E-state index in [0.717, 1.165) is 0 Å². The first-order chi connectivity index (χ1) is 9.65. The van der Waals surface area contributed by atoms with Gasteiger partial charge in [0.2, 0.25) is 0 Å². The van der Waals surface area contributed by atoms with Gasteiger partial charge in [-0.25, -0.2) is 4.79 Å². The maximum absolute atomic E-state index is 11.6. The number of rotatable bonds is 3. The predicted octanol–water partition coefficient (Wildman–Crippen LogP) is 3.39. The Balaban J connectivity index is 2.08. The number of hydrogen-bond donors (Lipinski definition) is 1. The minimum Gasteiger partial charge on any atom is -0.478 e. The van der Waals surface area contributed by atoms with Crippen LogP contribution in [0.2, 0.25) is 0 Å². The van der Waals surface area contributed by atoms with Crippen LogP contribution in [0, 0.1) is 0 Å². The smallest absolute Gasteiger partial charge is 0.339 e. The van der Waals surface area contributed by atoms with Crippen molar-refractivity contribution in [3.63, 3.8) is 0 Å². The number of para-hydroxylation sites is 1. The van der Waals surface area contributed by atoms with Gasteiger partial charge in [-0.15, -0.1) is 0 Å². The van der Waals surface area contributed by atoms with Crippen molar-refractivity contribution in [2.75, 3.05) is 0 Å². The van der Waals surface area contributed by atoms with Gasteiger partial charge in [-0.2, -0.15) is 0 Å². The fraction of sp³-hybridized carbons (Fsp3) is 0. The minimum atomic E-state index is -1.13. The number of benzene rings is 2. The topological polar surface area (TPSA) is 63.6 Å². The van der Waals surface area contributed by atoms with Gasteiger partial charge < -0.3 is 9.84 Å². The summed E-state index contributed by atoms with van der Waals surface area (Å²) in [5, 5.41) is 9.25. The van der Waals surface area contributed by atoms with Gasteiger partial charge >= 0.3 is 5.97 Å². The third-order valence-corrected chi connectivity index (χ3v) is 3.03. The van der Waals surface area contributed by atoms with Crippen molar-refractivity contribution in [3.8, 4) is 11.5 Å². The Kier molecular flexibility index (Phi) is 2.84. The van der Waals surface area contributed by atoms with Gasteiger partial charge in [0.25, 0.3) is 0 Å². The van der Waals surface area contributed by atoms with Crippen LogP contribution in [0.3, 0.4) is 0 Å². The molecule has 20 heavy (non-hydrogen) atoms. The van der Waals surface area contributed by atoms with E-state index in [1.54, 1.807) is 36.4 Å². The van der Waals surface area contributed by atoms with Gasteiger partial charge in [0.1, 0.15) is 17.1 Å². The second-order valence-electron chi connectivity index (χ2n) is 4.35. The van der Waals surface area contributed by atoms with Crippen LogP contribution in [0.25, 0.3) is 6.08 Å². The van der Waals surface area contributed by atoms with Crippen LogP contribution in [-0.2, 0) is 0 Å². The summed E-state index contributed by atoms with van der Waals surface area (Å²) in [7, 11) is 0. The molecule has 4 heteroatoms. The van der Waals surface area contributed by atoms with Gasteiger partial charge in [-0.3, -0.25) is 4.79 Å². The van der Waals surface area contributed by atoms with E-state index < -0.39 is 5.97 Å². The summed E-state index contributed by atoms with van der Waals surface area (Å²) in [6.07, 6.45) is 3.07. The average molecular weight is 266 g/mol. The lowest BCUT2D eigenvalue weighted by atomic mass is 10.0. The lowest BCUT2D eigenvalue weighted by molar-refractivity contribution is 0.0694. The van der Waals surface area contributed by atoms with Crippen LogP contribution in [-0.4, -0.2) is 16.9 Å². The zero-order chi connectivity index (χ0) is 14.1. The monoisotopic (exact) mass is 266 g/mol. The van der Waals surface area contributed by atoms with E-state index in [1.165, 1.54) is 12.1 Å². The van der Waals surface area contributed by atoms with Crippen LogP contribution in [0.1, 0.15) is 26.3 Å². The molecule has 2 aromatic rings. The van der Waals surface area contributed by atoms with Gasteiger partial charge in [-0.05, 0) is 35.9 Å². The molecule has 0 atom stereocenters. The zero-order valence-corrected chi connectivity index (χ0v) is 10.4. The van der Waals surface area contributed by atoms with Crippen molar-refractivity contribution in [2.45, 2.75) is 0 Å². The first-order valence-electron chi connectivity index (χ1n) is 6.02. The Labute approximate surface area is 114 Å². The van der Waals surface area contributed by atoms with Crippen molar-refractivity contribution in [1.29, 1.82) is 0 Å². The quantitative estimate of drug-likeness (QED) is 0.924. The fourth-order valence-electron chi connectivity index (χ4n) is 2.07. The highest BCUT2D eigenvalue weighted by Gasteiger charge is 2.21. The van der Waals surface area contributed by atoms with Crippen molar-refractivity contribution in [3.05, 3.63) is 65.2 Å². The molecule has 0 fully saturated rings. The first-order valence-corrected chi connectivity index (χ1v) is 6.02. The Morgan fingerprint density at radius 1 is 1.05 bits per heavy atom. The number of carbonyl (C=O) groups excluding carboxylic acids is 1. The Morgan fingerprint density at radius 3 is 2.50 bits per heavy atom. The Hall–Kier alpha value is -2.88. The molecule has 0 aromatic heterocycles. The summed E-state index contributed by atoms with van der Waals surface area (Å²) in [6, 6.07) is 11.8. The van der Waals surface area contributed by atoms with Gasteiger partial charge in [-0.1, -0.05) is 24.3 Å². The number of carboxylic acids is 1. The number of carboxylic acid groups (broad SMARTS) is 1. The van der Waals surface area contributed by atoms with Gasteiger partial charge in [0, 0.05) is 5.56 Å². The molecule has 1 N–H and O–H groups in total. The number of fused-ring (bicyclic) bond motifs is 1. The molecule has 0 saturated carbocycles. The summed E-state index contributed by atoms with van der Waals surface area (Å²) in [5.41, 5.74) is 1.04. The van der Waals surface area contributed by atoms with Crippen molar-refractivity contribution >= 4 is 17.8 Å². The summed E-state index contributed by atoms with van der Waals surface area (Å²) < 4.78 is 5.61. The second kappa shape index (κ2) is 4.66. The summed E-state index contributed by atoms with van der Waals surface area (Å²) >= 11 is 0. The number of ether oxygens (including phenoxy) is 1. The largest absolute Gasteiger partial charge is 0.478 e. The minimum absolute atomic E-state index is 0.0235. The molecule has 0 saturated heterocycles. The summed E-state index contributed by atoms with van der Waals surface area (Å²) in [6.45, 7) is 0. The van der Waals surface area contributed by atoms with Crippen molar-refractivity contribution in [2.24, 2.45) is 0 Å². The molecular formula is C16H10O4. The maximum Gasteiger partial charge on any atom is 0.339 e. The standard InChI is InChI=1S/C16H10O4/c17-14-7-6-10-8-15(13(16(18)19)9-12(10)14)20-11-4-2-1-3-5-11/h1-9H,(H,18,19). The number of hydrogen-bond acceptors (Lipinski definition) is 3. The lowest BCUT2D eigenvalue weighted by Crippen LogP contribution is -2.03. The van der Waals surface area contributed by atoms with Gasteiger partial charge in [0.05, 0.1) is 0 Å². The van der Waals surface area contributed by atoms with E-state index in [2.05, 4.69) is 0 Å². The number of aromatic carboxylic acids is 1. The summed E-state index contributed by atoms with van der Waals surface area (Å²) in [4.78, 5) is 22.9. The van der Waals surface area contributed by atoms with E-state index in [4.69, 9.17) is 4.74 Å². The summed E-state index contributed by atoms with van der Waals surface area (Å²) in [5.74, 6) is -0.544. The van der Waals surface area contributed by atoms with Crippen LogP contribution < -0.4 is 4.74 Å². The molecule has 0 bridgehead atoms. The molecule has 0 amide bonds. The Morgan fingerprint density at radius 2 is 1.80 bits per heavy atom. The highest BCUT2D eigenvalue weighted by Crippen LogP contribution is 2.31. The highest BCUT2D eigenvalue weighted by atomic mass is 16.5.